The summed E-state index contributed by atoms with van der Waals surface area (Å²) in [4.78, 5) is 22.8. The molecule has 20 heavy (non-hydrogen) atoms. The molecular weight excluding hydrogens is 283 g/mol. The van der Waals surface area contributed by atoms with Crippen LogP contribution >= 0.6 is 11.8 Å². The van der Waals surface area contributed by atoms with Gasteiger partial charge in [-0.1, -0.05) is 13.0 Å². The van der Waals surface area contributed by atoms with Gasteiger partial charge in [-0.15, -0.1) is 0 Å². The molecule has 0 fully saturated rings. The van der Waals surface area contributed by atoms with Crippen LogP contribution in [0.2, 0.25) is 0 Å². The zero-order valence-corrected chi connectivity index (χ0v) is 12.1. The number of aromatic carboxylic acids is 1. The van der Waals surface area contributed by atoms with E-state index in [1.807, 2.05) is 13.2 Å². The number of hydrogen-bond acceptors (Lipinski definition) is 3. The fourth-order valence-corrected chi connectivity index (χ4v) is 2.35. The van der Waals surface area contributed by atoms with Crippen LogP contribution < -0.4 is 10.6 Å². The number of benzene rings is 1. The Bertz CT molecular complexity index is 497. The Kier molecular flexibility index (Phi) is 6.30. The second-order valence-electron chi connectivity index (χ2n) is 4.13. The molecule has 0 aliphatic heterocycles. The van der Waals surface area contributed by atoms with E-state index in [4.69, 9.17) is 5.11 Å². The molecule has 0 saturated carbocycles. The molecule has 0 saturated heterocycles. The summed E-state index contributed by atoms with van der Waals surface area (Å²) < 4.78 is 13.6. The number of hydrogen-bond donors (Lipinski definition) is 3. The Labute approximate surface area is 120 Å². The van der Waals surface area contributed by atoms with Gasteiger partial charge in [-0.25, -0.2) is 14.0 Å². The largest absolute Gasteiger partial charge is 0.478 e. The minimum absolute atomic E-state index is 0.0509. The average molecular weight is 300 g/mol. The number of halogens is 1. The van der Waals surface area contributed by atoms with Gasteiger partial charge in [-0.2, -0.15) is 11.8 Å². The first-order chi connectivity index (χ1) is 9.49. The SMILES string of the molecule is CCC(CSC)NC(=O)Nc1c(F)cccc1C(=O)O. The Balaban J connectivity index is 2.82. The molecule has 0 aliphatic rings. The van der Waals surface area contributed by atoms with E-state index in [1.165, 1.54) is 12.1 Å². The lowest BCUT2D eigenvalue weighted by atomic mass is 10.1. The highest BCUT2D eigenvalue weighted by Crippen LogP contribution is 2.19. The van der Waals surface area contributed by atoms with Crippen molar-refractivity contribution in [1.29, 1.82) is 0 Å². The number of carbonyl (C=O) groups excluding carboxylic acids is 1. The summed E-state index contributed by atoms with van der Waals surface area (Å²) in [6.07, 6.45) is 2.65. The predicted molar refractivity (Wildman–Crippen MR) is 78.0 cm³/mol. The molecule has 7 heteroatoms. The van der Waals surface area contributed by atoms with Gasteiger partial charge in [-0.3, -0.25) is 0 Å². The van der Waals surface area contributed by atoms with Crippen LogP contribution in [0.25, 0.3) is 0 Å². The molecule has 1 unspecified atom stereocenters. The summed E-state index contributed by atoms with van der Waals surface area (Å²) >= 11 is 1.58. The number of anilines is 1. The lowest BCUT2D eigenvalue weighted by Gasteiger charge is -2.17. The third kappa shape index (κ3) is 4.41. The zero-order chi connectivity index (χ0) is 15.1. The van der Waals surface area contributed by atoms with Crippen LogP contribution in [-0.2, 0) is 0 Å². The molecule has 0 aromatic heterocycles. The van der Waals surface area contributed by atoms with Gasteiger partial charge in [0.2, 0.25) is 0 Å². The van der Waals surface area contributed by atoms with Crippen molar-refractivity contribution >= 4 is 29.4 Å². The van der Waals surface area contributed by atoms with Gasteiger partial charge in [0.15, 0.2) is 0 Å². The zero-order valence-electron chi connectivity index (χ0n) is 11.3. The topological polar surface area (TPSA) is 78.4 Å². The third-order valence-electron chi connectivity index (χ3n) is 2.68. The van der Waals surface area contributed by atoms with E-state index in [-0.39, 0.29) is 17.3 Å². The van der Waals surface area contributed by atoms with Gasteiger partial charge in [0, 0.05) is 11.8 Å². The maximum absolute atomic E-state index is 13.6. The van der Waals surface area contributed by atoms with E-state index in [0.717, 1.165) is 18.2 Å². The van der Waals surface area contributed by atoms with Crippen molar-refractivity contribution < 1.29 is 19.1 Å². The fourth-order valence-electron chi connectivity index (χ4n) is 1.63. The van der Waals surface area contributed by atoms with Gasteiger partial charge in [0.05, 0.1) is 11.3 Å². The Morgan fingerprint density at radius 1 is 1.45 bits per heavy atom. The molecule has 1 aromatic carbocycles. The highest BCUT2D eigenvalue weighted by atomic mass is 32.2. The second kappa shape index (κ2) is 7.74. The number of carboxylic acids is 1. The average Bonchev–Trinajstić information content (AvgIpc) is 2.40. The monoisotopic (exact) mass is 300 g/mol. The maximum Gasteiger partial charge on any atom is 0.337 e. The van der Waals surface area contributed by atoms with Gasteiger partial charge in [-0.05, 0) is 24.8 Å². The Morgan fingerprint density at radius 2 is 2.15 bits per heavy atom. The van der Waals surface area contributed by atoms with Gasteiger partial charge in [0.25, 0.3) is 0 Å². The fraction of sp³-hybridized carbons (Fsp3) is 0.385. The number of amides is 2. The van der Waals surface area contributed by atoms with Crippen molar-refractivity contribution in [1.82, 2.24) is 5.32 Å². The number of para-hydroxylation sites is 1. The van der Waals surface area contributed by atoms with Crippen molar-refractivity contribution in [2.24, 2.45) is 0 Å². The van der Waals surface area contributed by atoms with Crippen LogP contribution in [-0.4, -0.2) is 35.2 Å². The summed E-state index contributed by atoms with van der Waals surface area (Å²) in [5.41, 5.74) is -0.602. The Morgan fingerprint density at radius 3 is 2.70 bits per heavy atom. The number of carboxylic acid groups (broad SMARTS) is 1. The molecule has 110 valence electrons. The van der Waals surface area contributed by atoms with E-state index in [9.17, 15) is 14.0 Å². The van der Waals surface area contributed by atoms with Crippen molar-refractivity contribution in [2.75, 3.05) is 17.3 Å². The highest BCUT2D eigenvalue weighted by molar-refractivity contribution is 7.98. The molecule has 1 atom stereocenters. The third-order valence-corrected chi connectivity index (χ3v) is 3.41. The molecule has 0 aliphatic carbocycles. The summed E-state index contributed by atoms with van der Waals surface area (Å²) in [5, 5.41) is 13.9. The van der Waals surface area contributed by atoms with Gasteiger partial charge >= 0.3 is 12.0 Å². The highest BCUT2D eigenvalue weighted by Gasteiger charge is 2.17. The lowest BCUT2D eigenvalue weighted by molar-refractivity contribution is 0.0697. The van der Waals surface area contributed by atoms with Gasteiger partial charge < -0.3 is 15.7 Å². The van der Waals surface area contributed by atoms with Crippen LogP contribution in [0.5, 0.6) is 0 Å². The minimum atomic E-state index is -1.30. The smallest absolute Gasteiger partial charge is 0.337 e. The van der Waals surface area contributed by atoms with E-state index in [2.05, 4.69) is 10.6 Å². The van der Waals surface area contributed by atoms with Crippen LogP contribution in [0.1, 0.15) is 23.7 Å². The first-order valence-corrected chi connectivity index (χ1v) is 7.47. The number of carbonyl (C=O) groups is 2. The number of thioether (sulfide) groups is 1. The van der Waals surface area contributed by atoms with Crippen molar-refractivity contribution in [2.45, 2.75) is 19.4 Å². The van der Waals surface area contributed by atoms with Gasteiger partial charge in [0.1, 0.15) is 5.82 Å². The van der Waals surface area contributed by atoms with Crippen LogP contribution in [0.15, 0.2) is 18.2 Å². The van der Waals surface area contributed by atoms with Crippen LogP contribution in [0.4, 0.5) is 14.9 Å². The first kappa shape index (κ1) is 16.3. The molecule has 0 heterocycles. The van der Waals surface area contributed by atoms with Crippen LogP contribution in [0, 0.1) is 5.82 Å². The summed E-state index contributed by atoms with van der Waals surface area (Å²) in [5.74, 6) is -1.35. The summed E-state index contributed by atoms with van der Waals surface area (Å²) in [7, 11) is 0. The van der Waals surface area contributed by atoms with Crippen molar-refractivity contribution in [3.8, 4) is 0 Å². The van der Waals surface area contributed by atoms with Crippen molar-refractivity contribution in [3.05, 3.63) is 29.6 Å². The van der Waals surface area contributed by atoms with Crippen LogP contribution in [0.3, 0.4) is 0 Å². The van der Waals surface area contributed by atoms with E-state index < -0.39 is 17.8 Å². The molecule has 0 bridgehead atoms. The number of urea groups is 1. The standard InChI is InChI=1S/C13H17FN2O3S/c1-3-8(7-20-2)15-13(19)16-11-9(12(17)18)5-4-6-10(11)14/h4-6,8H,3,7H2,1-2H3,(H,17,18)(H2,15,16,19). The summed E-state index contributed by atoms with van der Waals surface area (Å²) in [6, 6.07) is 2.95. The van der Waals surface area contributed by atoms with Crippen molar-refractivity contribution in [3.63, 3.8) is 0 Å². The predicted octanol–water partition coefficient (Wildman–Crippen LogP) is 2.79. The molecule has 0 spiro atoms. The molecule has 3 N–H and O–H groups in total. The Hall–Kier alpha value is -1.76. The minimum Gasteiger partial charge on any atom is -0.478 e. The molecule has 0 radical (unpaired) electrons. The molecular formula is C13H17FN2O3S. The quantitative estimate of drug-likeness (QED) is 0.755. The maximum atomic E-state index is 13.6. The number of rotatable bonds is 6. The lowest BCUT2D eigenvalue weighted by Crippen LogP contribution is -2.39. The summed E-state index contributed by atoms with van der Waals surface area (Å²) in [6.45, 7) is 1.92. The molecule has 2 amide bonds. The normalized spacial score (nSPS) is 11.8. The van der Waals surface area contributed by atoms with E-state index in [1.54, 1.807) is 11.8 Å². The number of nitrogens with one attached hydrogen (secondary N) is 2. The molecule has 5 nitrogen and oxygen atoms in total. The molecule has 1 aromatic rings. The van der Waals surface area contributed by atoms with E-state index in [0.29, 0.717) is 0 Å². The second-order valence-corrected chi connectivity index (χ2v) is 5.04. The van der Waals surface area contributed by atoms with E-state index >= 15 is 0 Å². The molecule has 1 rings (SSSR count). The first-order valence-electron chi connectivity index (χ1n) is 6.07.